The van der Waals surface area contributed by atoms with Gasteiger partial charge in [-0.1, -0.05) is 74.1 Å². The number of fused-ring (bicyclic) bond motifs is 1. The number of aromatic nitrogens is 3. The van der Waals surface area contributed by atoms with Gasteiger partial charge in [0.2, 0.25) is 0 Å². The van der Waals surface area contributed by atoms with Crippen LogP contribution in [-0.4, -0.2) is 26.5 Å². The second-order valence-corrected chi connectivity index (χ2v) is 10.3. The molecule has 1 amide bonds. The molecule has 41 heavy (non-hydrogen) atoms. The number of nitrogen functional groups attached to an aromatic ring is 1. The van der Waals surface area contributed by atoms with Gasteiger partial charge in [-0.2, -0.15) is 5.10 Å². The van der Waals surface area contributed by atoms with Crippen LogP contribution in [0.3, 0.4) is 0 Å². The van der Waals surface area contributed by atoms with Crippen LogP contribution in [0.1, 0.15) is 66.7 Å². The van der Waals surface area contributed by atoms with Crippen LogP contribution in [0.2, 0.25) is 0 Å². The first-order valence-corrected chi connectivity index (χ1v) is 13.9. The fourth-order valence-corrected chi connectivity index (χ4v) is 5.44. The number of hydrogen-bond donors (Lipinski definition) is 2. The van der Waals surface area contributed by atoms with Crippen molar-refractivity contribution in [3.63, 3.8) is 0 Å². The average Bonchev–Trinajstić information content (AvgIpc) is 3.27. The van der Waals surface area contributed by atoms with E-state index in [9.17, 15) is 9.59 Å². The smallest absolute Gasteiger partial charge is 0.264 e. The molecular formula is C33H34N6O2. The zero-order valence-electron chi connectivity index (χ0n) is 23.4. The molecule has 1 aliphatic rings. The first-order valence-electron chi connectivity index (χ1n) is 13.9. The maximum absolute atomic E-state index is 14.2. The molecule has 0 bridgehead atoms. The summed E-state index contributed by atoms with van der Waals surface area (Å²) in [6.45, 7) is 5.47. The van der Waals surface area contributed by atoms with Crippen LogP contribution in [0.4, 0.5) is 11.6 Å². The number of carbonyl (C=O) groups is 1. The number of aliphatic imine (C=N–C) groups is 1. The largest absolute Gasteiger partial charge is 0.381 e. The van der Waals surface area contributed by atoms with E-state index in [1.54, 1.807) is 11.6 Å². The van der Waals surface area contributed by atoms with Gasteiger partial charge in [-0.3, -0.25) is 14.2 Å². The van der Waals surface area contributed by atoms with Crippen LogP contribution in [0, 0.1) is 17.8 Å². The Morgan fingerprint density at radius 3 is 2.66 bits per heavy atom. The molecule has 5 rings (SSSR count). The Kier molecular flexibility index (Phi) is 8.16. The number of nitrogens with one attached hydrogen (secondary N) is 1. The van der Waals surface area contributed by atoms with Crippen molar-refractivity contribution in [2.45, 2.75) is 45.1 Å². The Hall–Kier alpha value is -4.90. The quantitative estimate of drug-likeness (QED) is 0.242. The van der Waals surface area contributed by atoms with Crippen LogP contribution in [0.15, 0.2) is 77.0 Å². The Morgan fingerprint density at radius 2 is 1.93 bits per heavy atom. The highest BCUT2D eigenvalue weighted by Crippen LogP contribution is 2.27. The predicted octanol–water partition coefficient (Wildman–Crippen LogP) is 5.62. The highest BCUT2D eigenvalue weighted by Gasteiger charge is 2.25. The van der Waals surface area contributed by atoms with Gasteiger partial charge in [0.15, 0.2) is 11.6 Å². The number of para-hydroxylation sites is 1. The predicted molar refractivity (Wildman–Crippen MR) is 165 cm³/mol. The van der Waals surface area contributed by atoms with Gasteiger partial charge < -0.3 is 11.1 Å². The molecule has 2 aromatic carbocycles. The summed E-state index contributed by atoms with van der Waals surface area (Å²) in [6.07, 6.45) is 8.87. The Morgan fingerprint density at radius 1 is 1.17 bits per heavy atom. The van der Waals surface area contributed by atoms with E-state index in [1.807, 2.05) is 61.5 Å². The maximum Gasteiger partial charge on any atom is 0.264 e. The number of nitrogens with two attached hydrogens (primary N) is 1. The molecule has 208 valence electrons. The van der Waals surface area contributed by atoms with E-state index < -0.39 is 11.9 Å². The lowest BCUT2D eigenvalue weighted by atomic mass is 9.89. The number of aryl methyl sites for hydroxylation is 1. The van der Waals surface area contributed by atoms with E-state index in [2.05, 4.69) is 33.8 Å². The monoisotopic (exact) mass is 546 g/mol. The van der Waals surface area contributed by atoms with Crippen molar-refractivity contribution in [3.05, 3.63) is 94.4 Å². The van der Waals surface area contributed by atoms with Gasteiger partial charge in [0.1, 0.15) is 5.56 Å². The Bertz CT molecular complexity index is 1750. The third-order valence-corrected chi connectivity index (χ3v) is 7.47. The van der Waals surface area contributed by atoms with Crippen molar-refractivity contribution in [2.75, 3.05) is 5.73 Å². The van der Waals surface area contributed by atoms with Gasteiger partial charge >= 0.3 is 0 Å². The van der Waals surface area contributed by atoms with Crippen molar-refractivity contribution in [1.29, 1.82) is 0 Å². The molecule has 4 aromatic rings. The van der Waals surface area contributed by atoms with E-state index in [4.69, 9.17) is 5.73 Å². The van der Waals surface area contributed by atoms with Crippen molar-refractivity contribution in [1.82, 2.24) is 19.7 Å². The van der Waals surface area contributed by atoms with Crippen molar-refractivity contribution < 1.29 is 4.79 Å². The molecule has 1 fully saturated rings. The number of pyridine rings is 1. The van der Waals surface area contributed by atoms with Gasteiger partial charge in [0.05, 0.1) is 11.4 Å². The van der Waals surface area contributed by atoms with Gasteiger partial charge in [-0.15, -0.1) is 0 Å². The summed E-state index contributed by atoms with van der Waals surface area (Å²) in [5, 5.41) is 8.51. The molecule has 2 aromatic heterocycles. The standard InChI is InChI=1S/C33H34N6O2/c1-4-20-35-31-29(30(34)37-38(31)3)32(40)36-22(2)27-21-25-15-11-14-24(19-18-23-12-7-5-8-13-23)28(25)33(41)39(27)26-16-9-6-10-17-26/h4,6,9-11,14-17,20-23H,1,5,7-8,12-13H2,2-3H3,(H2,34,37)(H,36,40)/b35-20-. The van der Waals surface area contributed by atoms with Crippen molar-refractivity contribution in [3.8, 4) is 17.5 Å². The molecule has 0 spiro atoms. The number of carbonyl (C=O) groups excluding carboxylic acids is 1. The summed E-state index contributed by atoms with van der Waals surface area (Å²) in [5.41, 5.74) is 8.10. The van der Waals surface area contributed by atoms with Gasteiger partial charge in [0.25, 0.3) is 11.5 Å². The second kappa shape index (κ2) is 12.1. The molecule has 1 aliphatic carbocycles. The average molecular weight is 547 g/mol. The highest BCUT2D eigenvalue weighted by molar-refractivity contribution is 6.03. The molecule has 2 heterocycles. The maximum atomic E-state index is 14.2. The van der Waals surface area contributed by atoms with Crippen LogP contribution in [0.25, 0.3) is 16.5 Å². The second-order valence-electron chi connectivity index (χ2n) is 10.3. The summed E-state index contributed by atoms with van der Waals surface area (Å²) in [6, 6.07) is 16.6. The summed E-state index contributed by atoms with van der Waals surface area (Å²) in [4.78, 5) is 32.0. The van der Waals surface area contributed by atoms with Crippen LogP contribution in [0.5, 0.6) is 0 Å². The van der Waals surface area contributed by atoms with Gasteiger partial charge in [0, 0.05) is 36.1 Å². The number of anilines is 1. The van der Waals surface area contributed by atoms with E-state index in [-0.39, 0.29) is 16.9 Å². The first kappa shape index (κ1) is 27.7. The minimum Gasteiger partial charge on any atom is -0.381 e. The summed E-state index contributed by atoms with van der Waals surface area (Å²) >= 11 is 0. The molecule has 8 heteroatoms. The molecule has 0 radical (unpaired) electrons. The minimum atomic E-state index is -0.562. The summed E-state index contributed by atoms with van der Waals surface area (Å²) < 4.78 is 3.10. The lowest BCUT2D eigenvalue weighted by molar-refractivity contribution is 0.0940. The summed E-state index contributed by atoms with van der Waals surface area (Å²) in [7, 11) is 1.66. The molecule has 0 saturated heterocycles. The third kappa shape index (κ3) is 5.71. The SMILES string of the molecule is C=C/C=N\c1c(C(=O)NC(C)c2cc3cccc(C#CC4CCCCC4)c3c(=O)n2-c2ccccc2)c(N)nn1C. The topological polar surface area (TPSA) is 107 Å². The van der Waals surface area contributed by atoms with Gasteiger partial charge in [-0.25, -0.2) is 9.67 Å². The van der Waals surface area contributed by atoms with Crippen LogP contribution >= 0.6 is 0 Å². The Balaban J connectivity index is 1.60. The van der Waals surface area contributed by atoms with Crippen molar-refractivity contribution >= 4 is 34.5 Å². The lowest BCUT2D eigenvalue weighted by Gasteiger charge is -2.21. The zero-order chi connectivity index (χ0) is 28.9. The van der Waals surface area contributed by atoms with E-state index in [1.165, 1.54) is 36.2 Å². The fraction of sp³-hybridized carbons (Fsp3) is 0.273. The summed E-state index contributed by atoms with van der Waals surface area (Å²) in [5.74, 6) is 7.06. The first-order chi connectivity index (χ1) is 19.9. The van der Waals surface area contributed by atoms with Crippen LogP contribution < -0.4 is 16.6 Å². The molecule has 1 atom stereocenters. The van der Waals surface area contributed by atoms with E-state index >= 15 is 0 Å². The van der Waals surface area contributed by atoms with E-state index in [0.29, 0.717) is 28.5 Å². The molecule has 1 unspecified atom stereocenters. The van der Waals surface area contributed by atoms with Crippen LogP contribution in [-0.2, 0) is 7.05 Å². The van der Waals surface area contributed by atoms with Gasteiger partial charge in [-0.05, 0) is 49.4 Å². The number of nitrogens with zero attached hydrogens (tertiary/aromatic N) is 4. The third-order valence-electron chi connectivity index (χ3n) is 7.47. The minimum absolute atomic E-state index is 0.0635. The molecule has 3 N–H and O–H groups in total. The fourth-order valence-electron chi connectivity index (χ4n) is 5.44. The normalized spacial score (nSPS) is 14.5. The number of allylic oxidation sites excluding steroid dienone is 1. The molecule has 8 nitrogen and oxygen atoms in total. The van der Waals surface area contributed by atoms with Crippen molar-refractivity contribution in [2.24, 2.45) is 18.0 Å². The number of rotatable bonds is 6. The highest BCUT2D eigenvalue weighted by atomic mass is 16.2. The zero-order valence-corrected chi connectivity index (χ0v) is 23.4. The number of benzene rings is 2. The molecular weight excluding hydrogens is 512 g/mol. The Labute approximate surface area is 239 Å². The number of amides is 1. The van der Waals surface area contributed by atoms with E-state index in [0.717, 1.165) is 23.8 Å². The molecule has 0 aliphatic heterocycles. The lowest BCUT2D eigenvalue weighted by Crippen LogP contribution is -2.32. The number of hydrogen-bond acceptors (Lipinski definition) is 5. The molecule has 1 saturated carbocycles.